The number of nitrogens with two attached hydrogens (primary N) is 2. The Morgan fingerprint density at radius 3 is 2.15 bits per heavy atom. The van der Waals surface area contributed by atoms with Crippen LogP contribution in [0.25, 0.3) is 0 Å². The molecule has 0 amide bonds. The Bertz CT molecular complexity index is 514. The van der Waals surface area contributed by atoms with Crippen LogP contribution in [0.2, 0.25) is 0 Å². The van der Waals surface area contributed by atoms with Crippen molar-refractivity contribution in [2.45, 2.75) is 18.6 Å². The van der Waals surface area contributed by atoms with E-state index in [1.165, 1.54) is 0 Å². The molecular weight excluding hydrogens is 252 g/mol. The normalized spacial score (nSPS) is 13.8. The first-order valence-corrected chi connectivity index (χ1v) is 6.67. The highest BCUT2D eigenvalue weighted by Crippen LogP contribution is 2.24. The number of ether oxygens (including phenoxy) is 1. The predicted molar refractivity (Wildman–Crippen MR) is 79.6 cm³/mol. The first-order chi connectivity index (χ1) is 9.70. The lowest BCUT2D eigenvalue weighted by Gasteiger charge is -2.18. The van der Waals surface area contributed by atoms with Gasteiger partial charge in [0.1, 0.15) is 11.5 Å². The molecular formula is C16H20N2O2. The van der Waals surface area contributed by atoms with Gasteiger partial charge >= 0.3 is 0 Å². The largest absolute Gasteiger partial charge is 0.457 e. The minimum absolute atomic E-state index is 0.346. The zero-order valence-corrected chi connectivity index (χ0v) is 11.3. The van der Waals surface area contributed by atoms with Gasteiger partial charge in [0.2, 0.25) is 0 Å². The van der Waals surface area contributed by atoms with Crippen molar-refractivity contribution >= 4 is 0 Å². The molecule has 0 aromatic heterocycles. The molecule has 2 aromatic carbocycles. The molecule has 2 atom stereocenters. The van der Waals surface area contributed by atoms with Crippen molar-refractivity contribution < 1.29 is 9.84 Å². The molecule has 0 aliphatic carbocycles. The summed E-state index contributed by atoms with van der Waals surface area (Å²) in [5, 5.41) is 10.1. The third kappa shape index (κ3) is 3.81. The molecule has 0 heterocycles. The number of hydrogen-bond acceptors (Lipinski definition) is 4. The maximum atomic E-state index is 10.1. The fraction of sp³-hybridized carbons (Fsp3) is 0.250. The Hall–Kier alpha value is -1.88. The first-order valence-electron chi connectivity index (χ1n) is 6.67. The second kappa shape index (κ2) is 7.05. The Kier molecular flexibility index (Phi) is 5.12. The van der Waals surface area contributed by atoms with Crippen molar-refractivity contribution in [3.8, 4) is 11.5 Å². The third-order valence-electron chi connectivity index (χ3n) is 3.11. The highest BCUT2D eigenvalue weighted by Gasteiger charge is 2.15. The van der Waals surface area contributed by atoms with E-state index in [4.69, 9.17) is 16.2 Å². The van der Waals surface area contributed by atoms with Gasteiger partial charge in [0.05, 0.1) is 6.10 Å². The van der Waals surface area contributed by atoms with E-state index in [1.54, 1.807) is 0 Å². The van der Waals surface area contributed by atoms with Gasteiger partial charge in [0, 0.05) is 6.04 Å². The maximum Gasteiger partial charge on any atom is 0.127 e. The molecule has 0 aliphatic heterocycles. The van der Waals surface area contributed by atoms with Gasteiger partial charge < -0.3 is 21.3 Å². The first kappa shape index (κ1) is 14.5. The number of para-hydroxylation sites is 1. The minimum atomic E-state index is -0.704. The summed E-state index contributed by atoms with van der Waals surface area (Å²) < 4.78 is 5.69. The maximum absolute atomic E-state index is 10.1. The van der Waals surface area contributed by atoms with Gasteiger partial charge in [-0.1, -0.05) is 30.3 Å². The van der Waals surface area contributed by atoms with Crippen molar-refractivity contribution in [1.29, 1.82) is 0 Å². The van der Waals surface area contributed by atoms with Crippen molar-refractivity contribution in [1.82, 2.24) is 0 Å². The molecule has 2 unspecified atom stereocenters. The van der Waals surface area contributed by atoms with Crippen LogP contribution in [0.4, 0.5) is 0 Å². The summed E-state index contributed by atoms with van der Waals surface area (Å²) in [6.45, 7) is 0.466. The van der Waals surface area contributed by atoms with Crippen LogP contribution in [0.15, 0.2) is 54.6 Å². The molecule has 2 aromatic rings. The van der Waals surface area contributed by atoms with Crippen LogP contribution < -0.4 is 16.2 Å². The average molecular weight is 272 g/mol. The van der Waals surface area contributed by atoms with Crippen LogP contribution in [0.3, 0.4) is 0 Å². The molecule has 0 saturated heterocycles. The van der Waals surface area contributed by atoms with Gasteiger partial charge in [-0.2, -0.15) is 0 Å². The van der Waals surface area contributed by atoms with Gasteiger partial charge in [-0.3, -0.25) is 0 Å². The van der Waals surface area contributed by atoms with Gasteiger partial charge in [0.15, 0.2) is 0 Å². The summed E-state index contributed by atoms with van der Waals surface area (Å²) >= 11 is 0. The minimum Gasteiger partial charge on any atom is -0.457 e. The van der Waals surface area contributed by atoms with E-state index in [2.05, 4.69) is 0 Å². The summed E-state index contributed by atoms with van der Waals surface area (Å²) in [5.41, 5.74) is 12.1. The van der Waals surface area contributed by atoms with Crippen LogP contribution in [-0.2, 0) is 0 Å². The second-order valence-corrected chi connectivity index (χ2v) is 4.67. The van der Waals surface area contributed by atoms with E-state index in [-0.39, 0.29) is 6.04 Å². The van der Waals surface area contributed by atoms with E-state index < -0.39 is 6.10 Å². The summed E-state index contributed by atoms with van der Waals surface area (Å²) in [7, 11) is 0. The van der Waals surface area contributed by atoms with Gasteiger partial charge in [-0.05, 0) is 42.8 Å². The standard InChI is InChI=1S/C16H20N2O2/c17-11-10-15(18)16(19)12-6-8-14(9-7-12)20-13-4-2-1-3-5-13/h1-9,15-16,19H,10-11,17-18H2. The molecule has 0 saturated carbocycles. The predicted octanol–water partition coefficient (Wildman–Crippen LogP) is 2.19. The van der Waals surface area contributed by atoms with E-state index in [9.17, 15) is 5.11 Å². The van der Waals surface area contributed by atoms with Gasteiger partial charge in [-0.25, -0.2) is 0 Å². The van der Waals surface area contributed by atoms with E-state index in [0.717, 1.165) is 17.1 Å². The van der Waals surface area contributed by atoms with Crippen molar-refractivity contribution in [3.63, 3.8) is 0 Å². The SMILES string of the molecule is NCCC(N)C(O)c1ccc(Oc2ccccc2)cc1. The molecule has 106 valence electrons. The quantitative estimate of drug-likeness (QED) is 0.753. The second-order valence-electron chi connectivity index (χ2n) is 4.67. The van der Waals surface area contributed by atoms with E-state index in [0.29, 0.717) is 13.0 Å². The van der Waals surface area contributed by atoms with Crippen LogP contribution in [0.1, 0.15) is 18.1 Å². The van der Waals surface area contributed by atoms with Gasteiger partial charge in [-0.15, -0.1) is 0 Å². The zero-order valence-electron chi connectivity index (χ0n) is 11.3. The van der Waals surface area contributed by atoms with E-state index in [1.807, 2.05) is 54.6 Å². The monoisotopic (exact) mass is 272 g/mol. The number of aliphatic hydroxyl groups excluding tert-OH is 1. The van der Waals surface area contributed by atoms with Crippen LogP contribution in [0, 0.1) is 0 Å². The molecule has 0 radical (unpaired) electrons. The highest BCUT2D eigenvalue weighted by atomic mass is 16.5. The smallest absolute Gasteiger partial charge is 0.127 e. The summed E-state index contributed by atoms with van der Waals surface area (Å²) in [5.74, 6) is 1.50. The van der Waals surface area contributed by atoms with Crippen LogP contribution in [0.5, 0.6) is 11.5 Å². The zero-order chi connectivity index (χ0) is 14.4. The van der Waals surface area contributed by atoms with Gasteiger partial charge in [0.25, 0.3) is 0 Å². The molecule has 4 heteroatoms. The van der Waals surface area contributed by atoms with Crippen molar-refractivity contribution in [2.24, 2.45) is 11.5 Å². The molecule has 2 rings (SSSR count). The Balaban J connectivity index is 2.03. The summed E-state index contributed by atoms with van der Waals surface area (Å²) in [4.78, 5) is 0. The lowest BCUT2D eigenvalue weighted by atomic mass is 10.0. The van der Waals surface area contributed by atoms with E-state index >= 15 is 0 Å². The third-order valence-corrected chi connectivity index (χ3v) is 3.11. The number of benzene rings is 2. The molecule has 0 spiro atoms. The number of hydrogen-bond donors (Lipinski definition) is 3. The molecule has 0 aliphatic rings. The molecule has 20 heavy (non-hydrogen) atoms. The topological polar surface area (TPSA) is 81.5 Å². The van der Waals surface area contributed by atoms with Crippen molar-refractivity contribution in [3.05, 3.63) is 60.2 Å². The molecule has 4 nitrogen and oxygen atoms in total. The fourth-order valence-corrected chi connectivity index (χ4v) is 1.96. The lowest BCUT2D eigenvalue weighted by Crippen LogP contribution is -2.30. The Labute approximate surface area is 119 Å². The Morgan fingerprint density at radius 2 is 1.55 bits per heavy atom. The summed E-state index contributed by atoms with van der Waals surface area (Å²) in [6, 6.07) is 16.5. The molecule has 5 N–H and O–H groups in total. The summed E-state index contributed by atoms with van der Waals surface area (Å²) in [6.07, 6.45) is -0.118. The number of rotatable bonds is 6. The highest BCUT2D eigenvalue weighted by molar-refractivity contribution is 5.33. The average Bonchev–Trinajstić information content (AvgIpc) is 2.48. The molecule has 0 bridgehead atoms. The Morgan fingerprint density at radius 1 is 0.950 bits per heavy atom. The van der Waals surface area contributed by atoms with Crippen LogP contribution in [-0.4, -0.2) is 17.7 Å². The van der Waals surface area contributed by atoms with Crippen LogP contribution >= 0.6 is 0 Å². The molecule has 0 fully saturated rings. The number of aliphatic hydroxyl groups is 1. The fourth-order valence-electron chi connectivity index (χ4n) is 1.96. The lowest BCUT2D eigenvalue weighted by molar-refractivity contribution is 0.143. The van der Waals surface area contributed by atoms with Crippen molar-refractivity contribution in [2.75, 3.05) is 6.54 Å².